The normalized spacial score (nSPS) is 15.6. The molecule has 33 heavy (non-hydrogen) atoms. The predicted octanol–water partition coefficient (Wildman–Crippen LogP) is 5.22. The molecule has 1 aromatic heterocycles. The van der Waals surface area contributed by atoms with Gasteiger partial charge in [-0.25, -0.2) is 4.79 Å². The van der Waals surface area contributed by atoms with Crippen LogP contribution in [0.25, 0.3) is 6.08 Å². The van der Waals surface area contributed by atoms with Crippen LogP contribution in [0.3, 0.4) is 0 Å². The Hall–Kier alpha value is -2.71. The third-order valence-corrected chi connectivity index (χ3v) is 7.26. The van der Waals surface area contributed by atoms with Crippen LogP contribution in [0.5, 0.6) is 5.75 Å². The molecule has 1 heterocycles. The highest BCUT2D eigenvalue weighted by molar-refractivity contribution is 7.80. The Morgan fingerprint density at radius 2 is 1.88 bits per heavy atom. The summed E-state index contributed by atoms with van der Waals surface area (Å²) < 4.78 is 10.2. The Bertz CT molecular complexity index is 1070. The molecule has 0 spiro atoms. The van der Waals surface area contributed by atoms with Gasteiger partial charge in [0.05, 0.1) is 19.8 Å². The molecule has 1 aliphatic rings. The summed E-state index contributed by atoms with van der Waals surface area (Å²) in [7, 11) is 2.98. The molecule has 0 radical (unpaired) electrons. The smallest absolute Gasteiger partial charge is 0.341 e. The van der Waals surface area contributed by atoms with Crippen LogP contribution in [-0.2, 0) is 22.4 Å². The fourth-order valence-corrected chi connectivity index (χ4v) is 5.49. The van der Waals surface area contributed by atoms with Gasteiger partial charge in [-0.05, 0) is 72.1 Å². The molecule has 0 saturated carbocycles. The van der Waals surface area contributed by atoms with Gasteiger partial charge in [0.15, 0.2) is 5.11 Å². The first-order valence-electron chi connectivity index (χ1n) is 10.8. The van der Waals surface area contributed by atoms with Gasteiger partial charge in [0.25, 0.3) is 0 Å². The Kier molecular flexibility index (Phi) is 7.92. The van der Waals surface area contributed by atoms with E-state index >= 15 is 0 Å². The summed E-state index contributed by atoms with van der Waals surface area (Å²) in [6, 6.07) is 7.34. The lowest BCUT2D eigenvalue weighted by atomic mass is 9.72. The highest BCUT2D eigenvalue weighted by Gasteiger charge is 2.34. The summed E-state index contributed by atoms with van der Waals surface area (Å²) in [5.74, 6) is 0.530. The van der Waals surface area contributed by atoms with E-state index in [1.165, 1.54) is 29.4 Å². The number of rotatable bonds is 5. The predicted molar refractivity (Wildman–Crippen MR) is 137 cm³/mol. The standard InChI is InChI=1S/C25H30N2O4S2/c1-25(2,3)16-9-12-18-19(14-16)33-22(21(18)23(29)31-5)27-24(32)26-20(28)13-8-15-6-10-17(30-4)11-7-15/h6-8,10-11,13,16H,9,12,14H2,1-5H3,(H2,26,27,28,32)/b13-8+. The number of anilines is 1. The summed E-state index contributed by atoms with van der Waals surface area (Å²) in [6.07, 6.45) is 5.86. The molecule has 0 saturated heterocycles. The van der Waals surface area contributed by atoms with Crippen molar-refractivity contribution >= 4 is 51.6 Å². The zero-order valence-electron chi connectivity index (χ0n) is 19.6. The molecule has 0 fully saturated rings. The maximum atomic E-state index is 12.5. The van der Waals surface area contributed by atoms with Crippen LogP contribution >= 0.6 is 23.6 Å². The van der Waals surface area contributed by atoms with Crippen molar-refractivity contribution in [3.63, 3.8) is 0 Å². The van der Waals surface area contributed by atoms with Crippen LogP contribution in [0.2, 0.25) is 0 Å². The number of esters is 1. The maximum Gasteiger partial charge on any atom is 0.341 e. The lowest BCUT2D eigenvalue weighted by Crippen LogP contribution is -2.33. The van der Waals surface area contributed by atoms with Crippen molar-refractivity contribution in [2.24, 2.45) is 11.3 Å². The second kappa shape index (κ2) is 10.5. The van der Waals surface area contributed by atoms with E-state index in [1.54, 1.807) is 13.2 Å². The number of nitrogens with one attached hydrogen (secondary N) is 2. The maximum absolute atomic E-state index is 12.5. The topological polar surface area (TPSA) is 76.7 Å². The second-order valence-corrected chi connectivity index (χ2v) is 10.6. The summed E-state index contributed by atoms with van der Waals surface area (Å²) in [5.41, 5.74) is 2.61. The average molecular weight is 487 g/mol. The minimum atomic E-state index is -0.391. The van der Waals surface area contributed by atoms with Gasteiger partial charge in [-0.3, -0.25) is 10.1 Å². The molecule has 1 atom stereocenters. The zero-order valence-corrected chi connectivity index (χ0v) is 21.2. The zero-order chi connectivity index (χ0) is 24.2. The SMILES string of the molecule is COC(=O)c1c(NC(=S)NC(=O)/C=C/c2ccc(OC)cc2)sc2c1CCC(C(C)(C)C)C2. The molecule has 2 aromatic rings. The number of ether oxygens (including phenoxy) is 2. The number of benzene rings is 1. The lowest BCUT2D eigenvalue weighted by molar-refractivity contribution is -0.115. The number of carbonyl (C=O) groups excluding carboxylic acids is 2. The molecule has 1 aromatic carbocycles. The fourth-order valence-electron chi connectivity index (χ4n) is 3.91. The number of thiophene rings is 1. The molecule has 0 aliphatic heterocycles. The average Bonchev–Trinajstić information content (AvgIpc) is 3.13. The van der Waals surface area contributed by atoms with E-state index in [2.05, 4.69) is 31.4 Å². The van der Waals surface area contributed by atoms with Gasteiger partial charge in [-0.15, -0.1) is 11.3 Å². The van der Waals surface area contributed by atoms with E-state index in [9.17, 15) is 9.59 Å². The van der Waals surface area contributed by atoms with Gasteiger partial charge in [0.1, 0.15) is 10.8 Å². The Morgan fingerprint density at radius 3 is 2.48 bits per heavy atom. The number of hydrogen-bond acceptors (Lipinski definition) is 6. The van der Waals surface area contributed by atoms with Crippen LogP contribution in [-0.4, -0.2) is 31.2 Å². The van der Waals surface area contributed by atoms with Crippen LogP contribution < -0.4 is 15.4 Å². The van der Waals surface area contributed by atoms with E-state index in [0.29, 0.717) is 16.5 Å². The van der Waals surface area contributed by atoms with Crippen molar-refractivity contribution in [2.45, 2.75) is 40.0 Å². The van der Waals surface area contributed by atoms with Crippen molar-refractivity contribution in [3.8, 4) is 5.75 Å². The first-order chi connectivity index (χ1) is 15.6. The third-order valence-electron chi connectivity index (χ3n) is 5.89. The first kappa shape index (κ1) is 24.9. The minimum Gasteiger partial charge on any atom is -0.497 e. The van der Waals surface area contributed by atoms with Crippen molar-refractivity contribution in [2.75, 3.05) is 19.5 Å². The van der Waals surface area contributed by atoms with Crippen molar-refractivity contribution in [1.29, 1.82) is 0 Å². The number of fused-ring (bicyclic) bond motifs is 1. The molecular formula is C25H30N2O4S2. The fraction of sp³-hybridized carbons (Fsp3) is 0.400. The number of thiocarbonyl (C=S) groups is 1. The Morgan fingerprint density at radius 1 is 1.18 bits per heavy atom. The van der Waals surface area contributed by atoms with Crippen LogP contribution in [0.15, 0.2) is 30.3 Å². The third kappa shape index (κ3) is 6.21. The highest BCUT2D eigenvalue weighted by Crippen LogP contribution is 2.44. The van der Waals surface area contributed by atoms with Gasteiger partial charge in [0, 0.05) is 11.0 Å². The van der Waals surface area contributed by atoms with Gasteiger partial charge < -0.3 is 14.8 Å². The van der Waals surface area contributed by atoms with E-state index in [4.69, 9.17) is 21.7 Å². The van der Waals surface area contributed by atoms with Crippen molar-refractivity contribution in [3.05, 3.63) is 51.9 Å². The Labute approximate surface area is 204 Å². The summed E-state index contributed by atoms with van der Waals surface area (Å²) in [6.45, 7) is 6.75. The van der Waals surface area contributed by atoms with Crippen LogP contribution in [0.1, 0.15) is 53.6 Å². The number of amides is 1. The molecule has 1 unspecified atom stereocenters. The van der Waals surface area contributed by atoms with Gasteiger partial charge >= 0.3 is 5.97 Å². The molecule has 176 valence electrons. The van der Waals surface area contributed by atoms with Crippen molar-refractivity contribution < 1.29 is 19.1 Å². The molecule has 6 nitrogen and oxygen atoms in total. The Balaban J connectivity index is 1.70. The number of methoxy groups -OCH3 is 2. The summed E-state index contributed by atoms with van der Waals surface area (Å²) in [5, 5.41) is 6.44. The van der Waals surface area contributed by atoms with E-state index in [-0.39, 0.29) is 16.4 Å². The second-order valence-electron chi connectivity index (χ2n) is 9.06. The molecule has 8 heteroatoms. The number of carbonyl (C=O) groups is 2. The van der Waals surface area contributed by atoms with Gasteiger partial charge in [-0.1, -0.05) is 32.9 Å². The van der Waals surface area contributed by atoms with E-state index in [1.807, 2.05) is 24.3 Å². The van der Waals surface area contributed by atoms with Crippen LogP contribution in [0, 0.1) is 11.3 Å². The van der Waals surface area contributed by atoms with Crippen molar-refractivity contribution in [1.82, 2.24) is 5.32 Å². The number of hydrogen-bond donors (Lipinski definition) is 2. The largest absolute Gasteiger partial charge is 0.497 e. The summed E-state index contributed by atoms with van der Waals surface area (Å²) in [4.78, 5) is 26.1. The molecular weight excluding hydrogens is 456 g/mol. The summed E-state index contributed by atoms with van der Waals surface area (Å²) >= 11 is 6.86. The van der Waals surface area contributed by atoms with Gasteiger partial charge in [0.2, 0.25) is 5.91 Å². The van der Waals surface area contributed by atoms with E-state index in [0.717, 1.165) is 36.1 Å². The monoisotopic (exact) mass is 486 g/mol. The minimum absolute atomic E-state index is 0.135. The van der Waals surface area contributed by atoms with E-state index < -0.39 is 5.97 Å². The molecule has 0 bridgehead atoms. The first-order valence-corrected chi connectivity index (χ1v) is 12.0. The quantitative estimate of drug-likeness (QED) is 0.343. The molecule has 3 rings (SSSR count). The molecule has 1 aliphatic carbocycles. The molecule has 2 N–H and O–H groups in total. The lowest BCUT2D eigenvalue weighted by Gasteiger charge is -2.33. The molecule has 1 amide bonds. The van der Waals surface area contributed by atoms with Gasteiger partial charge in [-0.2, -0.15) is 0 Å². The van der Waals surface area contributed by atoms with Crippen LogP contribution in [0.4, 0.5) is 5.00 Å². The highest BCUT2D eigenvalue weighted by atomic mass is 32.1.